The Labute approximate surface area is 130 Å². The van der Waals surface area contributed by atoms with Crippen LogP contribution in [0, 0.1) is 5.92 Å². The Bertz CT molecular complexity index is 524. The Morgan fingerprint density at radius 2 is 1.95 bits per heavy atom. The maximum Gasteiger partial charge on any atom is 0.329 e. The van der Waals surface area contributed by atoms with Crippen LogP contribution in [0.25, 0.3) is 0 Å². The number of esters is 1. The van der Waals surface area contributed by atoms with Gasteiger partial charge in [-0.15, -0.1) is 0 Å². The maximum absolute atomic E-state index is 12.2. The molecule has 6 heteroatoms. The minimum atomic E-state index is -0.743. The van der Waals surface area contributed by atoms with Crippen molar-refractivity contribution < 1.29 is 14.3 Å². The summed E-state index contributed by atoms with van der Waals surface area (Å²) in [7, 11) is 0. The van der Waals surface area contributed by atoms with Gasteiger partial charge in [0.25, 0.3) is 5.91 Å². The van der Waals surface area contributed by atoms with Crippen LogP contribution in [-0.2, 0) is 9.53 Å². The third-order valence-electron chi connectivity index (χ3n) is 2.63. The van der Waals surface area contributed by atoms with Crippen molar-refractivity contribution in [3.05, 3.63) is 29.0 Å². The van der Waals surface area contributed by atoms with E-state index in [9.17, 15) is 9.59 Å². The molecule has 0 fully saturated rings. The molecular weight excluding hydrogens is 292 g/mol. The molecule has 5 nitrogen and oxygen atoms in total. The van der Waals surface area contributed by atoms with Gasteiger partial charge in [0.05, 0.1) is 10.6 Å². The summed E-state index contributed by atoms with van der Waals surface area (Å²) in [5, 5.41) is 2.94. The first-order valence-electron chi connectivity index (χ1n) is 6.75. The summed E-state index contributed by atoms with van der Waals surface area (Å²) in [4.78, 5) is 28.2. The minimum absolute atomic E-state index is 0.112. The van der Waals surface area contributed by atoms with E-state index >= 15 is 0 Å². The van der Waals surface area contributed by atoms with Crippen LogP contribution in [0.15, 0.2) is 18.5 Å². The van der Waals surface area contributed by atoms with E-state index in [1.54, 1.807) is 20.8 Å². The lowest BCUT2D eigenvalue weighted by atomic mass is 10.0. The van der Waals surface area contributed by atoms with Gasteiger partial charge in [-0.1, -0.05) is 25.4 Å². The first kappa shape index (κ1) is 17.4. The molecule has 0 aliphatic rings. The molecule has 1 aromatic rings. The molecule has 116 valence electrons. The van der Waals surface area contributed by atoms with Crippen molar-refractivity contribution in [2.45, 2.75) is 46.3 Å². The zero-order chi connectivity index (χ0) is 16.2. The van der Waals surface area contributed by atoms with Crippen molar-refractivity contribution in [1.82, 2.24) is 10.3 Å². The van der Waals surface area contributed by atoms with E-state index in [-0.39, 0.29) is 16.5 Å². The second-order valence-corrected chi connectivity index (χ2v) is 6.49. The zero-order valence-corrected chi connectivity index (χ0v) is 13.7. The lowest BCUT2D eigenvalue weighted by Crippen LogP contribution is -2.47. The van der Waals surface area contributed by atoms with Gasteiger partial charge in [0.15, 0.2) is 0 Å². The molecule has 0 aromatic carbocycles. The minimum Gasteiger partial charge on any atom is -0.458 e. The van der Waals surface area contributed by atoms with E-state index in [1.807, 2.05) is 13.8 Å². The van der Waals surface area contributed by atoms with Gasteiger partial charge in [-0.3, -0.25) is 9.78 Å². The monoisotopic (exact) mass is 312 g/mol. The van der Waals surface area contributed by atoms with E-state index in [1.165, 1.54) is 18.5 Å². The highest BCUT2D eigenvalue weighted by Gasteiger charge is 2.29. The van der Waals surface area contributed by atoms with Crippen LogP contribution in [0.4, 0.5) is 0 Å². The largest absolute Gasteiger partial charge is 0.458 e. The third kappa shape index (κ3) is 5.34. The van der Waals surface area contributed by atoms with Gasteiger partial charge >= 0.3 is 5.97 Å². The number of nitrogens with one attached hydrogen (secondary N) is 1. The van der Waals surface area contributed by atoms with Crippen LogP contribution >= 0.6 is 11.6 Å². The fourth-order valence-electron chi connectivity index (χ4n) is 1.63. The number of amides is 1. The van der Waals surface area contributed by atoms with Crippen molar-refractivity contribution in [3.63, 3.8) is 0 Å². The van der Waals surface area contributed by atoms with Crippen LogP contribution in [0.5, 0.6) is 0 Å². The SMILES string of the molecule is CC(C)[C@H](NC(=O)c1cnccc1Cl)C(=O)OC(C)(C)C. The van der Waals surface area contributed by atoms with Gasteiger partial charge in [0.1, 0.15) is 11.6 Å². The molecule has 21 heavy (non-hydrogen) atoms. The third-order valence-corrected chi connectivity index (χ3v) is 2.96. The first-order chi connectivity index (χ1) is 9.61. The Balaban J connectivity index is 2.87. The highest BCUT2D eigenvalue weighted by atomic mass is 35.5. The average Bonchev–Trinajstić information content (AvgIpc) is 2.33. The van der Waals surface area contributed by atoms with E-state index in [4.69, 9.17) is 16.3 Å². The molecule has 1 aromatic heterocycles. The highest BCUT2D eigenvalue weighted by molar-refractivity contribution is 6.33. The molecule has 0 unspecified atom stereocenters. The summed E-state index contributed by atoms with van der Waals surface area (Å²) >= 11 is 5.95. The van der Waals surface area contributed by atoms with Gasteiger partial charge < -0.3 is 10.1 Å². The number of hydrogen-bond donors (Lipinski definition) is 1. The number of hydrogen-bond acceptors (Lipinski definition) is 4. The second kappa shape index (κ2) is 6.89. The predicted molar refractivity (Wildman–Crippen MR) is 81.2 cm³/mol. The number of aromatic nitrogens is 1. The summed E-state index contributed by atoms with van der Waals surface area (Å²) in [5.41, 5.74) is -0.380. The van der Waals surface area contributed by atoms with Gasteiger partial charge in [-0.2, -0.15) is 0 Å². The maximum atomic E-state index is 12.2. The molecule has 1 N–H and O–H groups in total. The van der Waals surface area contributed by atoms with Crippen molar-refractivity contribution in [1.29, 1.82) is 0 Å². The van der Waals surface area contributed by atoms with Crippen LogP contribution in [0.3, 0.4) is 0 Å². The zero-order valence-electron chi connectivity index (χ0n) is 12.9. The smallest absolute Gasteiger partial charge is 0.329 e. The van der Waals surface area contributed by atoms with E-state index in [0.29, 0.717) is 0 Å². The molecule has 0 bridgehead atoms. The van der Waals surface area contributed by atoms with Crippen LogP contribution in [-0.4, -0.2) is 28.5 Å². The average molecular weight is 313 g/mol. The molecule has 1 heterocycles. The molecular formula is C15H21ClN2O3. The molecule has 0 saturated heterocycles. The topological polar surface area (TPSA) is 68.3 Å². The summed E-state index contributed by atoms with van der Waals surface area (Å²) in [5.74, 6) is -1.03. The molecule has 1 amide bonds. The number of rotatable bonds is 4. The van der Waals surface area contributed by atoms with E-state index in [2.05, 4.69) is 10.3 Å². The van der Waals surface area contributed by atoms with Crippen molar-refractivity contribution in [2.75, 3.05) is 0 Å². The first-order valence-corrected chi connectivity index (χ1v) is 7.13. The van der Waals surface area contributed by atoms with Gasteiger partial charge in [0.2, 0.25) is 0 Å². The summed E-state index contributed by atoms with van der Waals surface area (Å²) in [6.45, 7) is 9.01. The Kier molecular flexibility index (Phi) is 5.72. The Morgan fingerprint density at radius 3 is 2.43 bits per heavy atom. The van der Waals surface area contributed by atoms with E-state index < -0.39 is 23.5 Å². The normalized spacial score (nSPS) is 12.9. The van der Waals surface area contributed by atoms with Crippen LogP contribution in [0.2, 0.25) is 5.02 Å². The number of pyridine rings is 1. The lowest BCUT2D eigenvalue weighted by Gasteiger charge is -2.26. The molecule has 1 rings (SSSR count). The standard InChI is InChI=1S/C15H21ClN2O3/c1-9(2)12(14(20)21-15(3,4)5)18-13(19)10-8-17-7-6-11(10)16/h6-9,12H,1-5H3,(H,18,19)/t12-/m0/s1. The second-order valence-electron chi connectivity index (χ2n) is 6.08. The lowest BCUT2D eigenvalue weighted by molar-refractivity contribution is -0.158. The molecule has 0 radical (unpaired) electrons. The fourth-order valence-corrected chi connectivity index (χ4v) is 1.82. The van der Waals surface area contributed by atoms with Crippen molar-refractivity contribution >= 4 is 23.5 Å². The molecule has 0 spiro atoms. The quantitative estimate of drug-likeness (QED) is 0.868. The summed E-state index contributed by atoms with van der Waals surface area (Å²) in [6, 6.07) is 0.780. The molecule has 0 saturated carbocycles. The summed E-state index contributed by atoms with van der Waals surface area (Å²) in [6.07, 6.45) is 2.86. The number of nitrogens with zero attached hydrogens (tertiary/aromatic N) is 1. The van der Waals surface area contributed by atoms with Gasteiger partial charge in [0, 0.05) is 12.4 Å². The van der Waals surface area contributed by atoms with Gasteiger partial charge in [-0.05, 0) is 32.8 Å². The fraction of sp³-hybridized carbons (Fsp3) is 0.533. The molecule has 0 aliphatic heterocycles. The van der Waals surface area contributed by atoms with E-state index in [0.717, 1.165) is 0 Å². The van der Waals surface area contributed by atoms with Crippen LogP contribution < -0.4 is 5.32 Å². The molecule has 1 atom stereocenters. The van der Waals surface area contributed by atoms with Gasteiger partial charge in [-0.25, -0.2) is 4.79 Å². The number of ether oxygens (including phenoxy) is 1. The predicted octanol–water partition coefficient (Wildman–Crippen LogP) is 2.83. The molecule has 0 aliphatic carbocycles. The summed E-state index contributed by atoms with van der Waals surface area (Å²) < 4.78 is 5.33. The van der Waals surface area contributed by atoms with Crippen LogP contribution in [0.1, 0.15) is 45.0 Å². The van der Waals surface area contributed by atoms with Crippen molar-refractivity contribution in [2.24, 2.45) is 5.92 Å². The highest BCUT2D eigenvalue weighted by Crippen LogP contribution is 2.16. The Hall–Kier alpha value is -1.62. The van der Waals surface area contributed by atoms with Crippen molar-refractivity contribution in [3.8, 4) is 0 Å². The number of halogens is 1. The number of carbonyl (C=O) groups excluding carboxylic acids is 2. The Morgan fingerprint density at radius 1 is 1.33 bits per heavy atom. The number of carbonyl (C=O) groups is 2.